The lowest BCUT2D eigenvalue weighted by Crippen LogP contribution is -2.44. The summed E-state index contributed by atoms with van der Waals surface area (Å²) in [5.74, 6) is 1.92. The van der Waals surface area contributed by atoms with Crippen LogP contribution in [0.4, 0.5) is 0 Å². The predicted octanol–water partition coefficient (Wildman–Crippen LogP) is 2.32. The van der Waals surface area contributed by atoms with E-state index in [0.29, 0.717) is 6.04 Å². The van der Waals surface area contributed by atoms with E-state index in [9.17, 15) is 0 Å². The van der Waals surface area contributed by atoms with Crippen molar-refractivity contribution in [3.8, 4) is 0 Å². The van der Waals surface area contributed by atoms with Crippen molar-refractivity contribution in [3.05, 3.63) is 24.2 Å². The maximum atomic E-state index is 5.30. The van der Waals surface area contributed by atoms with Crippen molar-refractivity contribution in [2.75, 3.05) is 13.6 Å². The third-order valence-electron chi connectivity index (χ3n) is 3.41. The maximum absolute atomic E-state index is 5.30. The number of rotatable bonds is 4. The number of nitrogens with one attached hydrogen (secondary N) is 2. The van der Waals surface area contributed by atoms with Gasteiger partial charge >= 0.3 is 0 Å². The van der Waals surface area contributed by atoms with Gasteiger partial charge in [0.15, 0.2) is 5.96 Å². The van der Waals surface area contributed by atoms with Gasteiger partial charge in [0.05, 0.1) is 6.26 Å². The first-order valence-electron chi connectivity index (χ1n) is 6.88. The van der Waals surface area contributed by atoms with Crippen molar-refractivity contribution >= 4 is 5.96 Å². The van der Waals surface area contributed by atoms with Crippen LogP contribution in [0.25, 0.3) is 0 Å². The quantitative estimate of drug-likeness (QED) is 0.636. The molecule has 100 valence electrons. The summed E-state index contributed by atoms with van der Waals surface area (Å²) in [6, 6.07) is 4.51. The number of furan rings is 1. The molecule has 0 saturated heterocycles. The van der Waals surface area contributed by atoms with E-state index in [1.807, 2.05) is 19.2 Å². The highest BCUT2D eigenvalue weighted by molar-refractivity contribution is 5.79. The fraction of sp³-hybridized carbons (Fsp3) is 0.643. The van der Waals surface area contributed by atoms with Crippen LogP contribution in [0.15, 0.2) is 27.8 Å². The Hall–Kier alpha value is -1.45. The fourth-order valence-corrected chi connectivity index (χ4v) is 2.39. The van der Waals surface area contributed by atoms with E-state index in [2.05, 4.69) is 15.6 Å². The van der Waals surface area contributed by atoms with Gasteiger partial charge in [-0.15, -0.1) is 0 Å². The number of hydrogen-bond acceptors (Lipinski definition) is 2. The van der Waals surface area contributed by atoms with E-state index in [4.69, 9.17) is 4.42 Å². The Morgan fingerprint density at radius 2 is 2.22 bits per heavy atom. The molecule has 1 aliphatic carbocycles. The molecule has 4 nitrogen and oxygen atoms in total. The van der Waals surface area contributed by atoms with Gasteiger partial charge in [-0.25, -0.2) is 0 Å². The smallest absolute Gasteiger partial charge is 0.191 e. The van der Waals surface area contributed by atoms with E-state index in [-0.39, 0.29) is 0 Å². The maximum Gasteiger partial charge on any atom is 0.191 e. The minimum atomic E-state index is 0.591. The first kappa shape index (κ1) is 13.0. The largest absolute Gasteiger partial charge is 0.469 e. The van der Waals surface area contributed by atoms with Gasteiger partial charge in [0.25, 0.3) is 0 Å². The second-order valence-electron chi connectivity index (χ2n) is 4.81. The molecular formula is C14H23N3O. The molecule has 2 N–H and O–H groups in total. The topological polar surface area (TPSA) is 49.6 Å². The highest BCUT2D eigenvalue weighted by atomic mass is 16.3. The molecule has 1 aromatic heterocycles. The van der Waals surface area contributed by atoms with Crippen LogP contribution in [0.3, 0.4) is 0 Å². The van der Waals surface area contributed by atoms with Gasteiger partial charge in [-0.1, -0.05) is 19.3 Å². The standard InChI is InChI=1S/C14H23N3O/c1-15-14(17-12-6-3-2-4-7-12)16-10-9-13-8-5-11-18-13/h5,8,11-12H,2-4,6-7,9-10H2,1H3,(H2,15,16,17). The number of guanidine groups is 1. The lowest BCUT2D eigenvalue weighted by atomic mass is 9.96. The van der Waals surface area contributed by atoms with E-state index >= 15 is 0 Å². The van der Waals surface area contributed by atoms with Crippen molar-refractivity contribution < 1.29 is 4.42 Å². The molecule has 0 bridgehead atoms. The summed E-state index contributed by atoms with van der Waals surface area (Å²) in [4.78, 5) is 4.26. The number of nitrogens with zero attached hydrogens (tertiary/aromatic N) is 1. The van der Waals surface area contributed by atoms with E-state index in [1.54, 1.807) is 6.26 Å². The second kappa shape index (κ2) is 7.09. The fourth-order valence-electron chi connectivity index (χ4n) is 2.39. The van der Waals surface area contributed by atoms with Crippen molar-refractivity contribution in [2.24, 2.45) is 4.99 Å². The summed E-state index contributed by atoms with van der Waals surface area (Å²) < 4.78 is 5.30. The van der Waals surface area contributed by atoms with Crippen LogP contribution in [0.2, 0.25) is 0 Å². The van der Waals surface area contributed by atoms with Crippen LogP contribution in [0.1, 0.15) is 37.9 Å². The second-order valence-corrected chi connectivity index (χ2v) is 4.81. The number of hydrogen-bond donors (Lipinski definition) is 2. The van der Waals surface area contributed by atoms with Gasteiger partial charge in [-0.05, 0) is 25.0 Å². The van der Waals surface area contributed by atoms with Crippen LogP contribution in [0, 0.1) is 0 Å². The zero-order valence-electron chi connectivity index (χ0n) is 11.1. The molecule has 0 atom stereocenters. The summed E-state index contributed by atoms with van der Waals surface area (Å²) in [5, 5.41) is 6.83. The van der Waals surface area contributed by atoms with Crippen molar-refractivity contribution in [3.63, 3.8) is 0 Å². The monoisotopic (exact) mass is 249 g/mol. The highest BCUT2D eigenvalue weighted by Crippen LogP contribution is 2.17. The lowest BCUT2D eigenvalue weighted by Gasteiger charge is -2.24. The molecule has 18 heavy (non-hydrogen) atoms. The molecule has 4 heteroatoms. The van der Waals surface area contributed by atoms with Crippen LogP contribution in [0.5, 0.6) is 0 Å². The Morgan fingerprint density at radius 1 is 1.39 bits per heavy atom. The van der Waals surface area contributed by atoms with Crippen LogP contribution >= 0.6 is 0 Å². The summed E-state index contributed by atoms with van der Waals surface area (Å²) in [7, 11) is 1.82. The molecule has 1 aliphatic rings. The first-order valence-corrected chi connectivity index (χ1v) is 6.88. The molecule has 0 aromatic carbocycles. The van der Waals surface area contributed by atoms with E-state index in [0.717, 1.165) is 24.7 Å². The zero-order chi connectivity index (χ0) is 12.6. The molecule has 0 radical (unpaired) electrons. The molecule has 0 amide bonds. The Morgan fingerprint density at radius 3 is 2.89 bits per heavy atom. The minimum absolute atomic E-state index is 0.591. The minimum Gasteiger partial charge on any atom is -0.469 e. The molecule has 1 fully saturated rings. The molecule has 0 spiro atoms. The average molecular weight is 249 g/mol. The first-order chi connectivity index (χ1) is 8.88. The third-order valence-corrected chi connectivity index (χ3v) is 3.41. The summed E-state index contributed by atoms with van der Waals surface area (Å²) in [6.45, 7) is 0.847. The van der Waals surface area contributed by atoms with Gasteiger partial charge in [0, 0.05) is 26.1 Å². The molecule has 1 saturated carbocycles. The zero-order valence-corrected chi connectivity index (χ0v) is 11.1. The highest BCUT2D eigenvalue weighted by Gasteiger charge is 2.14. The third kappa shape index (κ3) is 4.09. The van der Waals surface area contributed by atoms with E-state index < -0.39 is 0 Å². The lowest BCUT2D eigenvalue weighted by molar-refractivity contribution is 0.410. The van der Waals surface area contributed by atoms with Gasteiger partial charge in [0.1, 0.15) is 5.76 Å². The SMILES string of the molecule is CN=C(NCCc1ccco1)NC1CCCCC1. The Labute approximate surface area is 109 Å². The Bertz CT molecular complexity index is 353. The molecule has 1 aromatic rings. The molecule has 0 aliphatic heterocycles. The van der Waals surface area contributed by atoms with Gasteiger partial charge in [-0.3, -0.25) is 4.99 Å². The summed E-state index contributed by atoms with van der Waals surface area (Å²) >= 11 is 0. The Kier molecular flexibility index (Phi) is 5.12. The van der Waals surface area contributed by atoms with E-state index in [1.165, 1.54) is 32.1 Å². The molecule has 0 unspecified atom stereocenters. The average Bonchev–Trinajstić information content (AvgIpc) is 2.92. The van der Waals surface area contributed by atoms with Crippen LogP contribution < -0.4 is 10.6 Å². The van der Waals surface area contributed by atoms with Crippen molar-refractivity contribution in [1.82, 2.24) is 10.6 Å². The van der Waals surface area contributed by atoms with Crippen molar-refractivity contribution in [1.29, 1.82) is 0 Å². The number of aliphatic imine (C=N–C) groups is 1. The van der Waals surface area contributed by atoms with Crippen molar-refractivity contribution in [2.45, 2.75) is 44.6 Å². The molecule has 2 rings (SSSR count). The van der Waals surface area contributed by atoms with Crippen LogP contribution in [-0.2, 0) is 6.42 Å². The summed E-state index contributed by atoms with van der Waals surface area (Å²) in [6.07, 6.45) is 9.17. The predicted molar refractivity (Wildman–Crippen MR) is 73.8 cm³/mol. The Balaban J connectivity index is 1.68. The molecular weight excluding hydrogens is 226 g/mol. The summed E-state index contributed by atoms with van der Waals surface area (Å²) in [5.41, 5.74) is 0. The normalized spacial score (nSPS) is 17.7. The van der Waals surface area contributed by atoms with Gasteiger partial charge < -0.3 is 15.1 Å². The van der Waals surface area contributed by atoms with Gasteiger partial charge in [-0.2, -0.15) is 0 Å². The van der Waals surface area contributed by atoms with Gasteiger partial charge in [0.2, 0.25) is 0 Å². The van der Waals surface area contributed by atoms with Crippen LogP contribution in [-0.4, -0.2) is 25.6 Å². The molecule has 1 heterocycles.